The van der Waals surface area contributed by atoms with E-state index >= 15 is 0 Å². The number of carbonyl (C=O) groups excluding carboxylic acids is 3. The predicted molar refractivity (Wildman–Crippen MR) is 106 cm³/mol. The number of carbonyl (C=O) groups is 3. The van der Waals surface area contributed by atoms with Crippen LogP contribution in [-0.2, 0) is 14.3 Å². The topological polar surface area (TPSA) is 89.4 Å². The summed E-state index contributed by atoms with van der Waals surface area (Å²) in [4.78, 5) is 35.9. The molecule has 0 radical (unpaired) electrons. The van der Waals surface area contributed by atoms with Crippen molar-refractivity contribution in [3.63, 3.8) is 0 Å². The summed E-state index contributed by atoms with van der Waals surface area (Å²) < 4.78 is 7.54. The first-order chi connectivity index (χ1) is 13.3. The van der Waals surface area contributed by atoms with E-state index in [-0.39, 0.29) is 5.91 Å². The summed E-state index contributed by atoms with van der Waals surface area (Å²) in [5.74, 6) is -1.08. The van der Waals surface area contributed by atoms with Gasteiger partial charge in [-0.15, -0.1) is 0 Å². The molecule has 1 aromatic carbocycles. The molecule has 7 nitrogen and oxygen atoms in total. The monoisotopic (exact) mass is 383 g/mol. The summed E-state index contributed by atoms with van der Waals surface area (Å²) in [5, 5.41) is 5.36. The summed E-state index contributed by atoms with van der Waals surface area (Å²) in [6.45, 7) is 6.85. The van der Waals surface area contributed by atoms with Gasteiger partial charge in [0.05, 0.1) is 5.56 Å². The van der Waals surface area contributed by atoms with E-state index in [9.17, 15) is 14.4 Å². The first-order valence-corrected chi connectivity index (χ1v) is 9.34. The van der Waals surface area contributed by atoms with Crippen LogP contribution in [0.1, 0.15) is 54.5 Å². The number of anilines is 2. The van der Waals surface area contributed by atoms with Crippen LogP contribution < -0.4 is 10.6 Å². The summed E-state index contributed by atoms with van der Waals surface area (Å²) in [7, 11) is 0. The molecule has 0 aliphatic heterocycles. The first-order valence-electron chi connectivity index (χ1n) is 9.34. The van der Waals surface area contributed by atoms with Gasteiger partial charge >= 0.3 is 5.97 Å². The van der Waals surface area contributed by atoms with Gasteiger partial charge in [0, 0.05) is 35.7 Å². The van der Waals surface area contributed by atoms with Crippen LogP contribution in [0.25, 0.3) is 0 Å². The van der Waals surface area contributed by atoms with E-state index in [1.807, 2.05) is 19.9 Å². The molecule has 0 bridgehead atoms. The highest BCUT2D eigenvalue weighted by Crippen LogP contribution is 2.38. The number of rotatable bonds is 6. The van der Waals surface area contributed by atoms with Crippen LogP contribution in [0.5, 0.6) is 0 Å². The lowest BCUT2D eigenvalue weighted by atomic mass is 10.2. The molecule has 1 heterocycles. The molecule has 1 aliphatic carbocycles. The lowest BCUT2D eigenvalue weighted by Crippen LogP contribution is -2.30. The number of amides is 2. The maximum atomic E-state index is 12.5. The molecule has 1 saturated carbocycles. The zero-order chi connectivity index (χ0) is 20.4. The lowest BCUT2D eigenvalue weighted by Gasteiger charge is -2.14. The zero-order valence-electron chi connectivity index (χ0n) is 16.5. The molecule has 28 heavy (non-hydrogen) atoms. The van der Waals surface area contributed by atoms with Gasteiger partial charge in [-0.05, 0) is 63.9 Å². The van der Waals surface area contributed by atoms with Gasteiger partial charge in [0.25, 0.3) is 5.91 Å². The van der Waals surface area contributed by atoms with Crippen LogP contribution in [0.4, 0.5) is 11.4 Å². The smallest absolute Gasteiger partial charge is 0.340 e. The number of aromatic nitrogens is 1. The normalized spacial score (nSPS) is 14.3. The van der Waals surface area contributed by atoms with Gasteiger partial charge in [0.2, 0.25) is 5.91 Å². The van der Waals surface area contributed by atoms with E-state index in [0.717, 1.165) is 24.2 Å². The van der Waals surface area contributed by atoms with Crippen molar-refractivity contribution < 1.29 is 19.1 Å². The van der Waals surface area contributed by atoms with Crippen molar-refractivity contribution in [2.45, 2.75) is 52.7 Å². The standard InChI is InChI=1S/C21H25N3O4/c1-12-11-19(13(2)24(12)18-9-10-18)21(27)28-14(3)20(26)23-17-7-5-16(6-8-17)22-15(4)25/h5-8,11,14,18H,9-10H2,1-4H3,(H,22,25)(H,23,26)/t14-/m1/s1. The molecule has 1 fully saturated rings. The third kappa shape index (κ3) is 4.42. The van der Waals surface area contributed by atoms with Gasteiger partial charge in [-0.25, -0.2) is 4.79 Å². The molecule has 1 aliphatic rings. The highest BCUT2D eigenvalue weighted by atomic mass is 16.5. The largest absolute Gasteiger partial charge is 0.449 e. The Balaban J connectivity index is 1.60. The van der Waals surface area contributed by atoms with E-state index in [0.29, 0.717) is 23.0 Å². The quantitative estimate of drug-likeness (QED) is 0.746. The van der Waals surface area contributed by atoms with Gasteiger partial charge in [0.1, 0.15) is 0 Å². The fraction of sp³-hybridized carbons (Fsp3) is 0.381. The highest BCUT2D eigenvalue weighted by molar-refractivity contribution is 5.98. The third-order valence-electron chi connectivity index (χ3n) is 4.74. The van der Waals surface area contributed by atoms with Crippen molar-refractivity contribution >= 4 is 29.2 Å². The summed E-state index contributed by atoms with van der Waals surface area (Å²) in [6, 6.07) is 8.99. The number of aryl methyl sites for hydroxylation is 1. The van der Waals surface area contributed by atoms with Gasteiger partial charge in [0.15, 0.2) is 6.10 Å². The van der Waals surface area contributed by atoms with Crippen molar-refractivity contribution in [2.24, 2.45) is 0 Å². The van der Waals surface area contributed by atoms with Crippen molar-refractivity contribution in [1.29, 1.82) is 0 Å². The maximum Gasteiger partial charge on any atom is 0.340 e. The number of ether oxygens (including phenoxy) is 1. The minimum atomic E-state index is -0.938. The Labute approximate surface area is 164 Å². The Kier molecular flexibility index (Phi) is 5.53. The Bertz CT molecular complexity index is 910. The molecule has 0 unspecified atom stereocenters. The molecular weight excluding hydrogens is 358 g/mol. The lowest BCUT2D eigenvalue weighted by molar-refractivity contribution is -0.123. The Morgan fingerprint density at radius 2 is 1.64 bits per heavy atom. The highest BCUT2D eigenvalue weighted by Gasteiger charge is 2.29. The molecule has 3 rings (SSSR count). The van der Waals surface area contributed by atoms with Gasteiger partial charge < -0.3 is 19.9 Å². The number of nitrogens with one attached hydrogen (secondary N) is 2. The molecule has 2 N–H and O–H groups in total. The van der Waals surface area contributed by atoms with Crippen LogP contribution in [-0.4, -0.2) is 28.5 Å². The molecule has 2 aromatic rings. The minimum absolute atomic E-state index is 0.168. The van der Waals surface area contributed by atoms with Crippen molar-refractivity contribution in [3.05, 3.63) is 47.3 Å². The van der Waals surface area contributed by atoms with E-state index in [4.69, 9.17) is 4.74 Å². The van der Waals surface area contributed by atoms with Crippen LogP contribution in [0.15, 0.2) is 30.3 Å². The van der Waals surface area contributed by atoms with Gasteiger partial charge in [-0.3, -0.25) is 9.59 Å². The molecule has 1 atom stereocenters. The molecule has 0 spiro atoms. The van der Waals surface area contributed by atoms with Crippen LogP contribution in [0.3, 0.4) is 0 Å². The summed E-state index contributed by atoms with van der Waals surface area (Å²) in [5.41, 5.74) is 3.60. The summed E-state index contributed by atoms with van der Waals surface area (Å²) >= 11 is 0. The Morgan fingerprint density at radius 3 is 2.18 bits per heavy atom. The maximum absolute atomic E-state index is 12.5. The number of esters is 1. The molecule has 2 amide bonds. The SMILES string of the molecule is CC(=O)Nc1ccc(NC(=O)[C@@H](C)OC(=O)c2cc(C)n(C3CC3)c2C)cc1. The van der Waals surface area contributed by atoms with E-state index in [1.54, 1.807) is 31.2 Å². The van der Waals surface area contributed by atoms with Crippen LogP contribution >= 0.6 is 0 Å². The second-order valence-corrected chi connectivity index (χ2v) is 7.18. The van der Waals surface area contributed by atoms with Crippen molar-refractivity contribution in [1.82, 2.24) is 4.57 Å². The van der Waals surface area contributed by atoms with E-state index in [1.165, 1.54) is 6.92 Å². The zero-order valence-corrected chi connectivity index (χ0v) is 16.5. The molecule has 148 valence electrons. The predicted octanol–water partition coefficient (Wildman–Crippen LogP) is 3.58. The third-order valence-corrected chi connectivity index (χ3v) is 4.74. The van der Waals surface area contributed by atoms with Gasteiger partial charge in [-0.2, -0.15) is 0 Å². The molecule has 1 aromatic heterocycles. The average Bonchev–Trinajstić information content (AvgIpc) is 3.41. The minimum Gasteiger partial charge on any atom is -0.449 e. The first kappa shape index (κ1) is 19.7. The summed E-state index contributed by atoms with van der Waals surface area (Å²) in [6.07, 6.45) is 1.32. The number of nitrogens with zero attached hydrogens (tertiary/aromatic N) is 1. The second-order valence-electron chi connectivity index (χ2n) is 7.18. The Morgan fingerprint density at radius 1 is 1.07 bits per heavy atom. The van der Waals surface area contributed by atoms with E-state index in [2.05, 4.69) is 15.2 Å². The molecule has 0 saturated heterocycles. The fourth-order valence-electron chi connectivity index (χ4n) is 3.24. The van der Waals surface area contributed by atoms with Crippen LogP contribution in [0, 0.1) is 13.8 Å². The average molecular weight is 383 g/mol. The Hall–Kier alpha value is -3.09. The molecule has 7 heteroatoms. The number of benzene rings is 1. The number of hydrogen-bond donors (Lipinski definition) is 2. The van der Waals surface area contributed by atoms with Gasteiger partial charge in [-0.1, -0.05) is 0 Å². The number of hydrogen-bond acceptors (Lipinski definition) is 4. The van der Waals surface area contributed by atoms with Crippen molar-refractivity contribution in [2.75, 3.05) is 10.6 Å². The van der Waals surface area contributed by atoms with Crippen LogP contribution in [0.2, 0.25) is 0 Å². The van der Waals surface area contributed by atoms with E-state index < -0.39 is 18.0 Å². The fourth-order valence-corrected chi connectivity index (χ4v) is 3.24. The second kappa shape index (κ2) is 7.88. The van der Waals surface area contributed by atoms with Crippen molar-refractivity contribution in [3.8, 4) is 0 Å². The molecular formula is C21H25N3O4.